The van der Waals surface area contributed by atoms with Crippen molar-refractivity contribution in [2.75, 3.05) is 18.0 Å². The van der Waals surface area contributed by atoms with Gasteiger partial charge in [0.1, 0.15) is 0 Å². The first-order chi connectivity index (χ1) is 9.22. The number of aliphatic hydroxyl groups is 1. The summed E-state index contributed by atoms with van der Waals surface area (Å²) in [6.07, 6.45) is 1.35. The lowest BCUT2D eigenvalue weighted by Crippen LogP contribution is -2.36. The smallest absolute Gasteiger partial charge is 0.278 e. The Bertz CT molecular complexity index is 546. The first-order valence-electron chi connectivity index (χ1n) is 6.30. The number of aryl methyl sites for hydroxylation is 1. The molecule has 0 radical (unpaired) electrons. The van der Waals surface area contributed by atoms with Crippen LogP contribution in [0.2, 0.25) is 0 Å². The first-order valence-corrected chi connectivity index (χ1v) is 6.30. The van der Waals surface area contributed by atoms with Gasteiger partial charge in [-0.3, -0.25) is 0 Å². The van der Waals surface area contributed by atoms with Crippen LogP contribution in [0.1, 0.15) is 18.7 Å². The molecule has 19 heavy (non-hydrogen) atoms. The second kappa shape index (κ2) is 4.93. The average Bonchev–Trinajstić information content (AvgIpc) is 2.87. The van der Waals surface area contributed by atoms with E-state index in [1.54, 1.807) is 6.92 Å². The van der Waals surface area contributed by atoms with Gasteiger partial charge in [-0.2, -0.15) is 4.98 Å². The van der Waals surface area contributed by atoms with Crippen molar-refractivity contribution in [2.24, 2.45) is 0 Å². The molecular weight excluding hydrogens is 246 g/mol. The Kier molecular flexibility index (Phi) is 3.12. The van der Waals surface area contributed by atoms with E-state index < -0.39 is 0 Å². The van der Waals surface area contributed by atoms with Crippen LogP contribution in [-0.4, -0.2) is 44.6 Å². The molecule has 0 amide bonds. The molecule has 1 fully saturated rings. The highest BCUT2D eigenvalue weighted by Crippen LogP contribution is 2.19. The molecule has 0 unspecified atom stereocenters. The Hall–Kier alpha value is -2.02. The summed E-state index contributed by atoms with van der Waals surface area (Å²) in [7, 11) is 0. The van der Waals surface area contributed by atoms with Crippen LogP contribution in [0.3, 0.4) is 0 Å². The maximum Gasteiger partial charge on any atom is 0.278 e. The van der Waals surface area contributed by atoms with E-state index in [0.717, 1.165) is 31.7 Å². The van der Waals surface area contributed by atoms with E-state index in [0.29, 0.717) is 17.4 Å². The number of hydrogen-bond donors (Lipinski definition) is 1. The summed E-state index contributed by atoms with van der Waals surface area (Å²) in [5, 5.41) is 21.5. The van der Waals surface area contributed by atoms with Crippen LogP contribution in [0.25, 0.3) is 11.6 Å². The van der Waals surface area contributed by atoms with Crippen LogP contribution < -0.4 is 4.90 Å². The molecule has 1 N–H and O–H groups in total. The van der Waals surface area contributed by atoms with Crippen LogP contribution in [0.5, 0.6) is 0 Å². The molecule has 0 aromatic carbocycles. The van der Waals surface area contributed by atoms with Crippen LogP contribution in [-0.2, 0) is 0 Å². The molecule has 0 atom stereocenters. The van der Waals surface area contributed by atoms with Crippen molar-refractivity contribution in [3.63, 3.8) is 0 Å². The molecule has 100 valence electrons. The van der Waals surface area contributed by atoms with Crippen molar-refractivity contribution >= 4 is 5.82 Å². The standard InChI is InChI=1S/C12H15N5O2/c1-8-13-12(19-16-8)10-2-3-11(15-14-10)17-6-4-9(18)5-7-17/h2-3,9,18H,4-7H2,1H3. The number of rotatable bonds is 2. The topological polar surface area (TPSA) is 88.2 Å². The number of piperidine rings is 1. The van der Waals surface area contributed by atoms with E-state index in [1.807, 2.05) is 12.1 Å². The SMILES string of the molecule is Cc1noc(-c2ccc(N3CCC(O)CC3)nn2)n1. The van der Waals surface area contributed by atoms with Crippen molar-refractivity contribution in [1.29, 1.82) is 0 Å². The van der Waals surface area contributed by atoms with E-state index >= 15 is 0 Å². The summed E-state index contributed by atoms with van der Waals surface area (Å²) in [5.41, 5.74) is 0.571. The Labute approximate surface area is 110 Å². The Morgan fingerprint density at radius 3 is 2.63 bits per heavy atom. The van der Waals surface area contributed by atoms with E-state index in [9.17, 15) is 5.11 Å². The largest absolute Gasteiger partial charge is 0.393 e. The fourth-order valence-corrected chi connectivity index (χ4v) is 2.10. The van der Waals surface area contributed by atoms with Gasteiger partial charge in [-0.25, -0.2) is 0 Å². The molecule has 1 aliphatic rings. The number of nitrogens with zero attached hydrogens (tertiary/aromatic N) is 5. The lowest BCUT2D eigenvalue weighted by Gasteiger charge is -2.29. The zero-order valence-electron chi connectivity index (χ0n) is 10.7. The highest BCUT2D eigenvalue weighted by molar-refractivity contribution is 5.49. The van der Waals surface area contributed by atoms with Gasteiger partial charge in [0.25, 0.3) is 5.89 Å². The molecule has 3 rings (SSSR count). The first kappa shape index (κ1) is 12.0. The zero-order chi connectivity index (χ0) is 13.2. The summed E-state index contributed by atoms with van der Waals surface area (Å²) in [4.78, 5) is 6.22. The van der Waals surface area contributed by atoms with Crippen molar-refractivity contribution in [1.82, 2.24) is 20.3 Å². The average molecular weight is 261 g/mol. The fourth-order valence-electron chi connectivity index (χ4n) is 2.10. The molecule has 0 aliphatic carbocycles. The highest BCUT2D eigenvalue weighted by Gasteiger charge is 2.18. The summed E-state index contributed by atoms with van der Waals surface area (Å²) >= 11 is 0. The third-order valence-electron chi connectivity index (χ3n) is 3.19. The minimum atomic E-state index is -0.190. The molecule has 1 saturated heterocycles. The Morgan fingerprint density at radius 1 is 1.26 bits per heavy atom. The van der Waals surface area contributed by atoms with Gasteiger partial charge in [-0.05, 0) is 31.9 Å². The minimum Gasteiger partial charge on any atom is -0.393 e. The van der Waals surface area contributed by atoms with Gasteiger partial charge < -0.3 is 14.5 Å². The molecule has 0 spiro atoms. The fraction of sp³-hybridized carbons (Fsp3) is 0.500. The van der Waals surface area contributed by atoms with Gasteiger partial charge in [0.15, 0.2) is 17.3 Å². The van der Waals surface area contributed by atoms with Crippen LogP contribution in [0.15, 0.2) is 16.7 Å². The quantitative estimate of drug-likeness (QED) is 0.855. The summed E-state index contributed by atoms with van der Waals surface area (Å²) in [6.45, 7) is 3.36. The van der Waals surface area contributed by atoms with E-state index in [-0.39, 0.29) is 6.10 Å². The number of aliphatic hydroxyl groups excluding tert-OH is 1. The number of aromatic nitrogens is 4. The summed E-state index contributed by atoms with van der Waals surface area (Å²) in [5.74, 6) is 1.77. The molecule has 3 heterocycles. The summed E-state index contributed by atoms with van der Waals surface area (Å²) in [6, 6.07) is 3.71. The van der Waals surface area contributed by atoms with Gasteiger partial charge in [0.05, 0.1) is 6.10 Å². The predicted molar refractivity (Wildman–Crippen MR) is 67.5 cm³/mol. The van der Waals surface area contributed by atoms with Gasteiger partial charge in [-0.15, -0.1) is 10.2 Å². The van der Waals surface area contributed by atoms with Crippen molar-refractivity contribution in [3.05, 3.63) is 18.0 Å². The molecule has 0 bridgehead atoms. The van der Waals surface area contributed by atoms with Gasteiger partial charge in [0.2, 0.25) is 0 Å². The summed E-state index contributed by atoms with van der Waals surface area (Å²) < 4.78 is 5.04. The lowest BCUT2D eigenvalue weighted by atomic mass is 10.1. The number of anilines is 1. The van der Waals surface area contributed by atoms with E-state index in [2.05, 4.69) is 25.2 Å². The third-order valence-corrected chi connectivity index (χ3v) is 3.19. The maximum absolute atomic E-state index is 9.48. The van der Waals surface area contributed by atoms with Gasteiger partial charge in [-0.1, -0.05) is 5.16 Å². The normalized spacial score (nSPS) is 16.8. The highest BCUT2D eigenvalue weighted by atomic mass is 16.5. The second-order valence-electron chi connectivity index (χ2n) is 4.64. The predicted octanol–water partition coefficient (Wildman–Crippen LogP) is 0.796. The number of hydrogen-bond acceptors (Lipinski definition) is 7. The molecular formula is C12H15N5O2. The molecule has 2 aromatic rings. The molecule has 7 nitrogen and oxygen atoms in total. The van der Waals surface area contributed by atoms with Crippen molar-refractivity contribution in [3.8, 4) is 11.6 Å². The Balaban J connectivity index is 1.75. The van der Waals surface area contributed by atoms with E-state index in [4.69, 9.17) is 4.52 Å². The van der Waals surface area contributed by atoms with Gasteiger partial charge in [0, 0.05) is 13.1 Å². The minimum absolute atomic E-state index is 0.190. The molecule has 7 heteroatoms. The molecule has 0 saturated carbocycles. The molecule has 1 aliphatic heterocycles. The van der Waals surface area contributed by atoms with E-state index in [1.165, 1.54) is 0 Å². The van der Waals surface area contributed by atoms with Crippen LogP contribution >= 0.6 is 0 Å². The van der Waals surface area contributed by atoms with Crippen LogP contribution in [0.4, 0.5) is 5.82 Å². The second-order valence-corrected chi connectivity index (χ2v) is 4.64. The lowest BCUT2D eigenvalue weighted by molar-refractivity contribution is 0.145. The monoisotopic (exact) mass is 261 g/mol. The molecule has 2 aromatic heterocycles. The maximum atomic E-state index is 9.48. The van der Waals surface area contributed by atoms with Gasteiger partial charge >= 0.3 is 0 Å². The van der Waals surface area contributed by atoms with Crippen molar-refractivity contribution in [2.45, 2.75) is 25.9 Å². The van der Waals surface area contributed by atoms with Crippen molar-refractivity contribution < 1.29 is 9.63 Å². The zero-order valence-corrected chi connectivity index (χ0v) is 10.7. The Morgan fingerprint density at radius 2 is 2.05 bits per heavy atom. The van der Waals surface area contributed by atoms with Crippen LogP contribution in [0, 0.1) is 6.92 Å². The third kappa shape index (κ3) is 2.55.